The summed E-state index contributed by atoms with van der Waals surface area (Å²) in [6.45, 7) is 0.603. The molecule has 1 aliphatic rings. The maximum absolute atomic E-state index is 12.7. The van der Waals surface area contributed by atoms with E-state index >= 15 is 0 Å². The molecule has 4 rings (SSSR count). The molecular formula is C16H13N3O3S3. The van der Waals surface area contributed by atoms with Gasteiger partial charge >= 0.3 is 0 Å². The number of thiophene rings is 1. The van der Waals surface area contributed by atoms with Crippen molar-refractivity contribution < 1.29 is 13.2 Å². The molecule has 0 fully saturated rings. The van der Waals surface area contributed by atoms with Crippen LogP contribution in [-0.2, 0) is 16.4 Å². The van der Waals surface area contributed by atoms with Crippen LogP contribution in [0.15, 0.2) is 51.4 Å². The van der Waals surface area contributed by atoms with E-state index < -0.39 is 10.0 Å². The van der Waals surface area contributed by atoms with E-state index in [1.165, 1.54) is 6.07 Å². The van der Waals surface area contributed by atoms with Gasteiger partial charge in [-0.15, -0.1) is 22.7 Å². The molecule has 1 aromatic carbocycles. The minimum absolute atomic E-state index is 0.184. The van der Waals surface area contributed by atoms with Crippen LogP contribution >= 0.6 is 22.7 Å². The zero-order chi connectivity index (χ0) is 17.4. The second kappa shape index (κ2) is 6.25. The van der Waals surface area contributed by atoms with Gasteiger partial charge in [0.15, 0.2) is 5.13 Å². The fourth-order valence-electron chi connectivity index (χ4n) is 2.69. The zero-order valence-corrected chi connectivity index (χ0v) is 15.3. The maximum Gasteiger partial charge on any atom is 0.277 e. The van der Waals surface area contributed by atoms with Crippen molar-refractivity contribution in [2.24, 2.45) is 0 Å². The number of carbonyl (C=O) groups is 1. The molecular weight excluding hydrogens is 378 g/mol. The average Bonchev–Trinajstić information content (AvgIpc) is 3.34. The van der Waals surface area contributed by atoms with Crippen LogP contribution in [0.1, 0.15) is 16.1 Å². The molecule has 0 aliphatic carbocycles. The molecule has 1 N–H and O–H groups in total. The highest BCUT2D eigenvalue weighted by atomic mass is 32.2. The maximum atomic E-state index is 12.7. The normalized spacial score (nSPS) is 13.7. The van der Waals surface area contributed by atoms with Gasteiger partial charge in [0.05, 0.1) is 0 Å². The molecule has 3 aromatic rings. The van der Waals surface area contributed by atoms with Gasteiger partial charge in [0.2, 0.25) is 0 Å². The van der Waals surface area contributed by atoms with Crippen molar-refractivity contribution in [2.45, 2.75) is 10.6 Å². The van der Waals surface area contributed by atoms with Crippen molar-refractivity contribution in [3.8, 4) is 0 Å². The minimum atomic E-state index is -3.66. The number of anilines is 2. The lowest BCUT2D eigenvalue weighted by atomic mass is 10.2. The van der Waals surface area contributed by atoms with Crippen molar-refractivity contribution in [1.29, 1.82) is 0 Å². The standard InChI is InChI=1S/C16H13N3O3S3/c20-15(19-8-7-11-4-1-2-5-13(11)19)12-10-24-16(17-12)18-25(21,22)14-6-3-9-23-14/h1-6,9-10H,7-8H2,(H,17,18). The predicted molar refractivity (Wildman–Crippen MR) is 99.1 cm³/mol. The molecule has 25 heavy (non-hydrogen) atoms. The van der Waals surface area contributed by atoms with Gasteiger partial charge in [0, 0.05) is 17.6 Å². The summed E-state index contributed by atoms with van der Waals surface area (Å²) < 4.78 is 27.1. The fraction of sp³-hybridized carbons (Fsp3) is 0.125. The van der Waals surface area contributed by atoms with Crippen LogP contribution in [0.2, 0.25) is 0 Å². The SMILES string of the molecule is O=C(c1csc(NS(=O)(=O)c2cccs2)n1)N1CCc2ccccc21. The highest BCUT2D eigenvalue weighted by Gasteiger charge is 2.27. The molecule has 0 atom stereocenters. The number of nitrogens with zero attached hydrogens (tertiary/aromatic N) is 2. The number of nitrogens with one attached hydrogen (secondary N) is 1. The molecule has 1 amide bonds. The quantitative estimate of drug-likeness (QED) is 0.741. The van der Waals surface area contributed by atoms with Crippen molar-refractivity contribution in [1.82, 2.24) is 4.98 Å². The molecule has 1 aliphatic heterocycles. The fourth-order valence-corrected chi connectivity index (χ4v) is 5.62. The van der Waals surface area contributed by atoms with Crippen molar-refractivity contribution >= 4 is 49.4 Å². The summed E-state index contributed by atoms with van der Waals surface area (Å²) >= 11 is 2.22. The molecule has 0 unspecified atom stereocenters. The molecule has 9 heteroatoms. The van der Waals surface area contributed by atoms with E-state index in [9.17, 15) is 13.2 Å². The van der Waals surface area contributed by atoms with E-state index in [1.807, 2.05) is 24.3 Å². The van der Waals surface area contributed by atoms with E-state index in [0.717, 1.165) is 40.3 Å². The van der Waals surface area contributed by atoms with Crippen LogP contribution < -0.4 is 9.62 Å². The second-order valence-electron chi connectivity index (χ2n) is 5.41. The first-order valence-electron chi connectivity index (χ1n) is 7.46. The Hall–Kier alpha value is -2.23. The lowest BCUT2D eigenvalue weighted by Crippen LogP contribution is -2.29. The number of hydrogen-bond acceptors (Lipinski definition) is 6. The predicted octanol–water partition coefficient (Wildman–Crippen LogP) is 3.21. The van der Waals surface area contributed by atoms with E-state index in [4.69, 9.17) is 0 Å². The molecule has 0 bridgehead atoms. The van der Waals surface area contributed by atoms with Crippen molar-refractivity contribution in [2.75, 3.05) is 16.2 Å². The number of fused-ring (bicyclic) bond motifs is 1. The molecule has 128 valence electrons. The molecule has 0 saturated carbocycles. The van der Waals surface area contributed by atoms with Gasteiger partial charge in [0.1, 0.15) is 9.90 Å². The molecule has 0 radical (unpaired) electrons. The third-order valence-corrected chi connectivity index (χ3v) is 7.46. The molecule has 0 saturated heterocycles. The largest absolute Gasteiger partial charge is 0.306 e. The minimum Gasteiger partial charge on any atom is -0.306 e. The number of rotatable bonds is 4. The first-order chi connectivity index (χ1) is 12.0. The molecule has 6 nitrogen and oxygen atoms in total. The number of para-hydroxylation sites is 1. The second-order valence-corrected chi connectivity index (χ2v) is 9.13. The number of sulfonamides is 1. The lowest BCUT2D eigenvalue weighted by Gasteiger charge is -2.15. The average molecular weight is 391 g/mol. The summed E-state index contributed by atoms with van der Waals surface area (Å²) in [6.07, 6.45) is 0.809. The number of carbonyl (C=O) groups excluding carboxylic acids is 1. The third-order valence-electron chi connectivity index (χ3n) is 3.84. The van der Waals surface area contributed by atoms with Gasteiger partial charge in [-0.1, -0.05) is 24.3 Å². The first-order valence-corrected chi connectivity index (χ1v) is 10.7. The van der Waals surface area contributed by atoms with E-state index in [0.29, 0.717) is 6.54 Å². The van der Waals surface area contributed by atoms with Gasteiger partial charge in [0.25, 0.3) is 15.9 Å². The Balaban J connectivity index is 1.55. The van der Waals surface area contributed by atoms with E-state index in [2.05, 4.69) is 9.71 Å². The van der Waals surface area contributed by atoms with Crippen LogP contribution in [0.25, 0.3) is 0 Å². The Labute approximate surface area is 152 Å². The van der Waals surface area contributed by atoms with Gasteiger partial charge in [-0.3, -0.25) is 9.52 Å². The van der Waals surface area contributed by atoms with Gasteiger partial charge in [-0.2, -0.15) is 0 Å². The third kappa shape index (κ3) is 3.06. The summed E-state index contributed by atoms with van der Waals surface area (Å²) in [6, 6.07) is 10.9. The Morgan fingerprint density at radius 3 is 2.80 bits per heavy atom. The summed E-state index contributed by atoms with van der Waals surface area (Å²) in [5, 5.41) is 3.45. The van der Waals surface area contributed by atoms with Crippen LogP contribution in [0.3, 0.4) is 0 Å². The Morgan fingerprint density at radius 2 is 2.00 bits per heavy atom. The number of aromatic nitrogens is 1. The van der Waals surface area contributed by atoms with Crippen molar-refractivity contribution in [3.05, 3.63) is 58.4 Å². The Kier molecular flexibility index (Phi) is 4.06. The number of thiazole rings is 1. The highest BCUT2D eigenvalue weighted by Crippen LogP contribution is 2.30. The summed E-state index contributed by atoms with van der Waals surface area (Å²) in [5.74, 6) is -0.220. The summed E-state index contributed by atoms with van der Waals surface area (Å²) in [4.78, 5) is 18.6. The van der Waals surface area contributed by atoms with Crippen LogP contribution in [-0.4, -0.2) is 25.9 Å². The van der Waals surface area contributed by atoms with Crippen LogP contribution in [0.5, 0.6) is 0 Å². The van der Waals surface area contributed by atoms with Crippen molar-refractivity contribution in [3.63, 3.8) is 0 Å². The monoisotopic (exact) mass is 391 g/mol. The first kappa shape index (κ1) is 16.2. The lowest BCUT2D eigenvalue weighted by molar-refractivity contribution is 0.0985. The highest BCUT2D eigenvalue weighted by molar-refractivity contribution is 7.94. The van der Waals surface area contributed by atoms with E-state index in [-0.39, 0.29) is 20.9 Å². The number of amides is 1. The van der Waals surface area contributed by atoms with Crippen LogP contribution in [0, 0.1) is 0 Å². The van der Waals surface area contributed by atoms with Gasteiger partial charge < -0.3 is 4.90 Å². The molecule has 0 spiro atoms. The molecule has 3 heterocycles. The van der Waals surface area contributed by atoms with Gasteiger partial charge in [-0.05, 0) is 29.5 Å². The van der Waals surface area contributed by atoms with E-state index in [1.54, 1.807) is 21.7 Å². The smallest absolute Gasteiger partial charge is 0.277 e. The van der Waals surface area contributed by atoms with Crippen LogP contribution in [0.4, 0.5) is 10.8 Å². The topological polar surface area (TPSA) is 79.4 Å². The zero-order valence-electron chi connectivity index (χ0n) is 12.9. The Morgan fingerprint density at radius 1 is 1.16 bits per heavy atom. The number of benzene rings is 1. The molecule has 2 aromatic heterocycles. The van der Waals surface area contributed by atoms with Gasteiger partial charge in [-0.25, -0.2) is 13.4 Å². The summed E-state index contributed by atoms with van der Waals surface area (Å²) in [5.41, 5.74) is 2.26. The Bertz CT molecular complexity index is 1030. The number of hydrogen-bond donors (Lipinski definition) is 1. The summed E-state index contributed by atoms with van der Waals surface area (Å²) in [7, 11) is -3.66.